The smallest absolute Gasteiger partial charge is 0.220 e. The number of nitrogens with one attached hydrogen (secondary N) is 1. The summed E-state index contributed by atoms with van der Waals surface area (Å²) in [5.41, 5.74) is 6.17. The number of carbonyl (C=O) groups excluding carboxylic acids is 1. The third kappa shape index (κ3) is 9.37. The first-order valence-corrected chi connectivity index (χ1v) is 16.5. The molecular formula is C41H47BNO10. The summed E-state index contributed by atoms with van der Waals surface area (Å²) in [6.45, 7) is 3.49. The lowest BCUT2D eigenvalue weighted by Crippen LogP contribution is -2.26. The van der Waals surface area contributed by atoms with Crippen molar-refractivity contribution in [3.05, 3.63) is 92.6 Å². The summed E-state index contributed by atoms with van der Waals surface area (Å²) in [5, 5.41) is 2.96. The summed E-state index contributed by atoms with van der Waals surface area (Å²) in [5.74, 6) is 4.35. The van der Waals surface area contributed by atoms with E-state index in [0.29, 0.717) is 52.9 Å². The van der Waals surface area contributed by atoms with E-state index in [9.17, 15) is 9.59 Å². The van der Waals surface area contributed by atoms with E-state index in [-0.39, 0.29) is 31.5 Å². The van der Waals surface area contributed by atoms with E-state index >= 15 is 0 Å². The Bertz CT molecular complexity index is 1970. The monoisotopic (exact) mass is 724 g/mol. The van der Waals surface area contributed by atoms with Gasteiger partial charge in [-0.3, -0.25) is 9.59 Å². The Balaban J connectivity index is 0.000000288. The van der Waals surface area contributed by atoms with Crippen LogP contribution >= 0.6 is 0 Å². The van der Waals surface area contributed by atoms with Crippen LogP contribution in [0.4, 0.5) is 0 Å². The van der Waals surface area contributed by atoms with Crippen molar-refractivity contribution in [1.82, 2.24) is 5.32 Å². The molecule has 0 saturated carbocycles. The van der Waals surface area contributed by atoms with E-state index in [1.807, 2.05) is 55.5 Å². The Morgan fingerprint density at radius 2 is 1.19 bits per heavy atom. The van der Waals surface area contributed by atoms with Crippen molar-refractivity contribution in [2.75, 3.05) is 56.9 Å². The van der Waals surface area contributed by atoms with Gasteiger partial charge in [-0.15, -0.1) is 0 Å². The van der Waals surface area contributed by atoms with Gasteiger partial charge in [0.2, 0.25) is 22.8 Å². The molecule has 1 aliphatic rings. The SMILES string of the molecule is COc1cc2c(c(OC)c1OC)-c1ccc(OC)c(=O)cc1C(NC(C)=O)CC2.COc1ccc(/C=C\c2cc(OC)c(OC)c(OC)c2)cc1C.[B]. The van der Waals surface area contributed by atoms with Crippen LogP contribution in [0.3, 0.4) is 0 Å². The van der Waals surface area contributed by atoms with E-state index in [1.165, 1.54) is 20.1 Å². The standard InChI is InChI=1S/C22H25NO6.C19H22O4.B/c1-12(24)23-16-8-6-13-10-19(27-3)21(28-4)22(29-5)20(13)14-7-9-18(26-2)17(25)11-15(14)16;1-13-10-14(8-9-16(13)20-2)6-7-15-11-17(21-3)19(23-5)18(12-15)22-4;/h7,9-11,16H,6,8H2,1-5H3,(H,23,24);6-12H,1-5H3;/b;7-6-;. The molecule has 5 rings (SSSR count). The molecule has 0 aliphatic heterocycles. The number of ether oxygens (including phenoxy) is 8. The molecule has 0 saturated heterocycles. The average Bonchev–Trinajstić information content (AvgIpc) is 3.40. The van der Waals surface area contributed by atoms with Gasteiger partial charge in [0.15, 0.2) is 28.7 Å². The van der Waals surface area contributed by atoms with E-state index in [0.717, 1.165) is 39.1 Å². The quantitative estimate of drug-likeness (QED) is 0.132. The first kappa shape index (κ1) is 41.6. The summed E-state index contributed by atoms with van der Waals surface area (Å²) in [6.07, 6.45) is 5.31. The van der Waals surface area contributed by atoms with Gasteiger partial charge in [0.05, 0.1) is 62.9 Å². The normalized spacial score (nSPS) is 12.7. The maximum absolute atomic E-state index is 12.6. The van der Waals surface area contributed by atoms with E-state index in [4.69, 9.17) is 37.9 Å². The Kier molecular flexibility index (Phi) is 15.1. The van der Waals surface area contributed by atoms with Crippen LogP contribution in [0, 0.1) is 6.92 Å². The summed E-state index contributed by atoms with van der Waals surface area (Å²) >= 11 is 0. The molecule has 1 atom stereocenters. The van der Waals surface area contributed by atoms with Crippen molar-refractivity contribution in [1.29, 1.82) is 0 Å². The van der Waals surface area contributed by atoms with Crippen LogP contribution in [0.5, 0.6) is 46.0 Å². The number of carbonyl (C=O) groups is 1. The van der Waals surface area contributed by atoms with Crippen LogP contribution in [0.15, 0.2) is 59.4 Å². The van der Waals surface area contributed by atoms with Gasteiger partial charge in [0.25, 0.3) is 0 Å². The minimum Gasteiger partial charge on any atom is -0.496 e. The molecule has 0 bridgehead atoms. The van der Waals surface area contributed by atoms with Crippen LogP contribution in [0.2, 0.25) is 0 Å². The fraction of sp³-hybridized carbons (Fsp3) is 0.317. The predicted molar refractivity (Wildman–Crippen MR) is 208 cm³/mol. The van der Waals surface area contributed by atoms with Crippen LogP contribution < -0.4 is 48.6 Å². The van der Waals surface area contributed by atoms with Gasteiger partial charge in [-0.25, -0.2) is 0 Å². The number of aryl methyl sites for hydroxylation is 2. The lowest BCUT2D eigenvalue weighted by Gasteiger charge is -2.19. The highest BCUT2D eigenvalue weighted by Crippen LogP contribution is 2.50. The molecule has 279 valence electrons. The maximum Gasteiger partial charge on any atom is 0.220 e. The number of methoxy groups -OCH3 is 8. The second kappa shape index (κ2) is 19.2. The van der Waals surface area contributed by atoms with Crippen molar-refractivity contribution < 1.29 is 42.7 Å². The lowest BCUT2D eigenvalue weighted by molar-refractivity contribution is -0.119. The van der Waals surface area contributed by atoms with Gasteiger partial charge in [-0.1, -0.05) is 24.3 Å². The lowest BCUT2D eigenvalue weighted by atomic mass is 9.95. The number of hydrogen-bond donors (Lipinski definition) is 1. The molecular weight excluding hydrogens is 677 g/mol. The van der Waals surface area contributed by atoms with Gasteiger partial charge in [0, 0.05) is 20.9 Å². The number of hydrogen-bond acceptors (Lipinski definition) is 10. The molecule has 3 radical (unpaired) electrons. The molecule has 0 spiro atoms. The summed E-state index contributed by atoms with van der Waals surface area (Å²) in [6, 6.07) is 16.4. The zero-order valence-corrected chi connectivity index (χ0v) is 32.0. The highest BCUT2D eigenvalue weighted by molar-refractivity contribution is 5.83. The summed E-state index contributed by atoms with van der Waals surface area (Å²) < 4.78 is 43.3. The number of amides is 1. The van der Waals surface area contributed by atoms with E-state index in [2.05, 4.69) is 11.4 Å². The first-order chi connectivity index (χ1) is 25.1. The fourth-order valence-electron chi connectivity index (χ4n) is 6.26. The average molecular weight is 725 g/mol. The van der Waals surface area contributed by atoms with Gasteiger partial charge < -0.3 is 43.2 Å². The van der Waals surface area contributed by atoms with Crippen LogP contribution in [0.1, 0.15) is 47.2 Å². The van der Waals surface area contributed by atoms with Crippen molar-refractivity contribution in [2.45, 2.75) is 32.7 Å². The summed E-state index contributed by atoms with van der Waals surface area (Å²) in [4.78, 5) is 24.5. The van der Waals surface area contributed by atoms with Crippen LogP contribution in [-0.2, 0) is 11.2 Å². The molecule has 1 amide bonds. The van der Waals surface area contributed by atoms with Crippen molar-refractivity contribution in [3.63, 3.8) is 0 Å². The Labute approximate surface area is 313 Å². The van der Waals surface area contributed by atoms with E-state index < -0.39 is 0 Å². The number of rotatable bonds is 11. The number of fused-ring (bicyclic) bond motifs is 3. The van der Waals surface area contributed by atoms with Crippen LogP contribution in [-0.4, -0.2) is 71.2 Å². The molecule has 4 aromatic rings. The molecule has 1 N–H and O–H groups in total. The summed E-state index contributed by atoms with van der Waals surface area (Å²) in [7, 11) is 12.6. The largest absolute Gasteiger partial charge is 0.496 e. The minimum absolute atomic E-state index is 0. The molecule has 0 heterocycles. The topological polar surface area (TPSA) is 120 Å². The van der Waals surface area contributed by atoms with Gasteiger partial charge in [0.1, 0.15) is 5.75 Å². The van der Waals surface area contributed by atoms with Crippen molar-refractivity contribution >= 4 is 26.5 Å². The molecule has 1 unspecified atom stereocenters. The molecule has 53 heavy (non-hydrogen) atoms. The molecule has 0 aromatic heterocycles. The Morgan fingerprint density at radius 3 is 1.72 bits per heavy atom. The molecule has 1 aliphatic carbocycles. The fourth-order valence-corrected chi connectivity index (χ4v) is 6.26. The predicted octanol–water partition coefficient (Wildman–Crippen LogP) is 6.69. The highest BCUT2D eigenvalue weighted by atomic mass is 16.5. The van der Waals surface area contributed by atoms with Crippen molar-refractivity contribution in [2.24, 2.45) is 0 Å². The Hall–Kier alpha value is -5.78. The molecule has 4 aromatic carbocycles. The van der Waals surface area contributed by atoms with Crippen LogP contribution in [0.25, 0.3) is 23.3 Å². The number of benzene rings is 3. The highest BCUT2D eigenvalue weighted by Gasteiger charge is 2.29. The zero-order chi connectivity index (χ0) is 37.9. The maximum atomic E-state index is 12.6. The third-order valence-corrected chi connectivity index (χ3v) is 8.67. The van der Waals surface area contributed by atoms with Gasteiger partial charge >= 0.3 is 0 Å². The van der Waals surface area contributed by atoms with Crippen molar-refractivity contribution in [3.8, 4) is 57.1 Å². The molecule has 11 nitrogen and oxygen atoms in total. The minimum atomic E-state index is -0.332. The molecule has 12 heteroatoms. The first-order valence-electron chi connectivity index (χ1n) is 16.5. The second-order valence-corrected chi connectivity index (χ2v) is 11.8. The third-order valence-electron chi connectivity index (χ3n) is 8.67. The van der Waals surface area contributed by atoms with E-state index in [1.54, 1.807) is 55.8 Å². The Morgan fingerprint density at radius 1 is 0.642 bits per heavy atom. The zero-order valence-electron chi connectivity index (χ0n) is 32.0. The van der Waals surface area contributed by atoms with Gasteiger partial charge in [-0.05, 0) is 95.6 Å². The van der Waals surface area contributed by atoms with Gasteiger partial charge in [-0.2, -0.15) is 0 Å². The second-order valence-electron chi connectivity index (χ2n) is 11.8. The molecule has 0 fully saturated rings.